The van der Waals surface area contributed by atoms with E-state index in [0.717, 1.165) is 11.3 Å². The maximum Gasteiger partial charge on any atom is 0.267 e. The molecule has 0 unspecified atom stereocenters. The summed E-state index contributed by atoms with van der Waals surface area (Å²) in [6.07, 6.45) is 1.43. The topological polar surface area (TPSA) is 74.1 Å². The van der Waals surface area contributed by atoms with Crippen molar-refractivity contribution in [2.45, 2.75) is 19.8 Å². The van der Waals surface area contributed by atoms with Crippen LogP contribution in [0.2, 0.25) is 0 Å². The Bertz CT molecular complexity index is 802. The summed E-state index contributed by atoms with van der Waals surface area (Å²) in [4.78, 5) is 12.3. The number of rotatable bonds is 6. The Morgan fingerprint density at radius 1 is 1.16 bits per heavy atom. The molecule has 0 aliphatic heterocycles. The zero-order valence-electron chi connectivity index (χ0n) is 14.5. The van der Waals surface area contributed by atoms with E-state index in [2.05, 4.69) is 24.5 Å². The van der Waals surface area contributed by atoms with Gasteiger partial charge in [-0.3, -0.25) is 4.79 Å². The number of carbonyl (C=O) groups excluding carboxylic acids is 1. The predicted octanol–water partition coefficient (Wildman–Crippen LogP) is 4.28. The highest BCUT2D eigenvalue weighted by Gasteiger charge is 2.10. The standard InChI is InChI=1S/C20H21N3O2/c1-14(2)18-6-4-5-7-19(18)22-13-15(12-21)20(24)23-16-8-10-17(25-3)11-9-16/h4-11,13-14,22H,1-3H3,(H,23,24)/b15-13-. The number of methoxy groups -OCH3 is 1. The monoisotopic (exact) mass is 335 g/mol. The first-order chi connectivity index (χ1) is 12.0. The van der Waals surface area contributed by atoms with Gasteiger partial charge < -0.3 is 15.4 Å². The smallest absolute Gasteiger partial charge is 0.267 e. The highest BCUT2D eigenvalue weighted by Crippen LogP contribution is 2.24. The molecule has 0 fully saturated rings. The first kappa shape index (κ1) is 18.1. The van der Waals surface area contributed by atoms with Gasteiger partial charge in [-0.15, -0.1) is 0 Å². The maximum absolute atomic E-state index is 12.3. The number of amides is 1. The van der Waals surface area contributed by atoms with Crippen LogP contribution in [-0.2, 0) is 4.79 Å². The fourth-order valence-electron chi connectivity index (χ4n) is 2.30. The lowest BCUT2D eigenvalue weighted by atomic mass is 10.0. The molecule has 0 aliphatic carbocycles. The number of hydrogen-bond donors (Lipinski definition) is 2. The van der Waals surface area contributed by atoms with E-state index in [4.69, 9.17) is 4.74 Å². The molecule has 0 saturated heterocycles. The lowest BCUT2D eigenvalue weighted by Crippen LogP contribution is -2.14. The predicted molar refractivity (Wildman–Crippen MR) is 99.5 cm³/mol. The molecule has 5 nitrogen and oxygen atoms in total. The maximum atomic E-state index is 12.3. The normalized spacial score (nSPS) is 10.9. The number of para-hydroxylation sites is 1. The summed E-state index contributed by atoms with van der Waals surface area (Å²) in [6, 6.07) is 16.6. The zero-order chi connectivity index (χ0) is 18.2. The first-order valence-corrected chi connectivity index (χ1v) is 7.96. The van der Waals surface area contributed by atoms with Gasteiger partial charge >= 0.3 is 0 Å². The highest BCUT2D eigenvalue weighted by molar-refractivity contribution is 6.06. The minimum Gasteiger partial charge on any atom is -0.497 e. The Kier molecular flexibility index (Phi) is 6.19. The molecule has 2 rings (SSSR count). The van der Waals surface area contributed by atoms with Crippen LogP contribution < -0.4 is 15.4 Å². The van der Waals surface area contributed by atoms with E-state index >= 15 is 0 Å². The number of hydrogen-bond acceptors (Lipinski definition) is 4. The average molecular weight is 335 g/mol. The second-order valence-corrected chi connectivity index (χ2v) is 5.74. The number of nitriles is 1. The van der Waals surface area contributed by atoms with Crippen molar-refractivity contribution in [3.8, 4) is 11.8 Å². The van der Waals surface area contributed by atoms with Crippen molar-refractivity contribution >= 4 is 17.3 Å². The highest BCUT2D eigenvalue weighted by atomic mass is 16.5. The summed E-state index contributed by atoms with van der Waals surface area (Å²) in [6.45, 7) is 4.18. The molecular weight excluding hydrogens is 314 g/mol. The van der Waals surface area contributed by atoms with Crippen molar-refractivity contribution in [1.82, 2.24) is 0 Å². The number of anilines is 2. The number of ether oxygens (including phenoxy) is 1. The number of benzene rings is 2. The van der Waals surface area contributed by atoms with Gasteiger partial charge in [-0.1, -0.05) is 32.0 Å². The van der Waals surface area contributed by atoms with Crippen molar-refractivity contribution in [2.75, 3.05) is 17.7 Å². The fraction of sp³-hybridized carbons (Fsp3) is 0.200. The van der Waals surface area contributed by atoms with Gasteiger partial charge in [-0.2, -0.15) is 5.26 Å². The molecule has 2 aromatic carbocycles. The van der Waals surface area contributed by atoms with Crippen LogP contribution in [0.1, 0.15) is 25.3 Å². The molecule has 0 spiro atoms. The Hall–Kier alpha value is -3.26. The minimum atomic E-state index is -0.470. The molecule has 0 heterocycles. The molecule has 25 heavy (non-hydrogen) atoms. The Balaban J connectivity index is 2.11. The van der Waals surface area contributed by atoms with Crippen molar-refractivity contribution in [3.63, 3.8) is 0 Å². The van der Waals surface area contributed by atoms with Crippen molar-refractivity contribution in [2.24, 2.45) is 0 Å². The van der Waals surface area contributed by atoms with Crippen LogP contribution in [0.5, 0.6) is 5.75 Å². The Labute approximate surface area is 147 Å². The molecule has 0 atom stereocenters. The molecule has 0 bridgehead atoms. The largest absolute Gasteiger partial charge is 0.497 e. The van der Waals surface area contributed by atoms with E-state index in [-0.39, 0.29) is 5.57 Å². The van der Waals surface area contributed by atoms with Crippen LogP contribution >= 0.6 is 0 Å². The lowest BCUT2D eigenvalue weighted by Gasteiger charge is -2.12. The summed E-state index contributed by atoms with van der Waals surface area (Å²) >= 11 is 0. The molecule has 0 aliphatic rings. The van der Waals surface area contributed by atoms with Gasteiger partial charge in [0.2, 0.25) is 0 Å². The molecule has 0 aromatic heterocycles. The van der Waals surface area contributed by atoms with E-state index < -0.39 is 5.91 Å². The van der Waals surface area contributed by atoms with Gasteiger partial charge in [0.15, 0.2) is 0 Å². The third kappa shape index (κ3) is 4.85. The molecule has 2 N–H and O–H groups in total. The fourth-order valence-corrected chi connectivity index (χ4v) is 2.30. The van der Waals surface area contributed by atoms with Gasteiger partial charge in [-0.05, 0) is 41.8 Å². The molecule has 2 aromatic rings. The van der Waals surface area contributed by atoms with Crippen LogP contribution in [0.3, 0.4) is 0 Å². The van der Waals surface area contributed by atoms with Gasteiger partial charge in [-0.25, -0.2) is 0 Å². The van der Waals surface area contributed by atoms with Crippen LogP contribution in [0.25, 0.3) is 0 Å². The average Bonchev–Trinajstić information content (AvgIpc) is 2.63. The summed E-state index contributed by atoms with van der Waals surface area (Å²) in [7, 11) is 1.57. The van der Waals surface area contributed by atoms with Crippen LogP contribution in [0.15, 0.2) is 60.3 Å². The van der Waals surface area contributed by atoms with Crippen molar-refractivity contribution in [3.05, 3.63) is 65.9 Å². The SMILES string of the molecule is COc1ccc(NC(=O)/C(C#N)=C\Nc2ccccc2C(C)C)cc1. The van der Waals surface area contributed by atoms with E-state index in [9.17, 15) is 10.1 Å². The van der Waals surface area contributed by atoms with Crippen molar-refractivity contribution < 1.29 is 9.53 Å². The Morgan fingerprint density at radius 3 is 2.44 bits per heavy atom. The number of nitrogens with one attached hydrogen (secondary N) is 2. The van der Waals surface area contributed by atoms with Crippen LogP contribution in [0, 0.1) is 11.3 Å². The third-order valence-corrected chi connectivity index (χ3v) is 3.67. The molecule has 0 radical (unpaired) electrons. The van der Waals surface area contributed by atoms with Gasteiger partial charge in [0.25, 0.3) is 5.91 Å². The summed E-state index contributed by atoms with van der Waals surface area (Å²) in [5.74, 6) is 0.555. The van der Waals surface area contributed by atoms with Gasteiger partial charge in [0, 0.05) is 17.6 Å². The van der Waals surface area contributed by atoms with Gasteiger partial charge in [0.05, 0.1) is 7.11 Å². The summed E-state index contributed by atoms with van der Waals surface area (Å²) < 4.78 is 5.07. The molecule has 128 valence electrons. The van der Waals surface area contributed by atoms with E-state index in [1.54, 1.807) is 31.4 Å². The van der Waals surface area contributed by atoms with Crippen LogP contribution in [-0.4, -0.2) is 13.0 Å². The molecule has 0 saturated carbocycles. The lowest BCUT2D eigenvalue weighted by molar-refractivity contribution is -0.112. The molecule has 1 amide bonds. The quantitative estimate of drug-likeness (QED) is 0.610. The van der Waals surface area contributed by atoms with Gasteiger partial charge in [0.1, 0.15) is 17.4 Å². The second kappa shape index (κ2) is 8.55. The van der Waals surface area contributed by atoms with Crippen LogP contribution in [0.4, 0.5) is 11.4 Å². The molecular formula is C20H21N3O2. The van der Waals surface area contributed by atoms with E-state index in [1.165, 1.54) is 6.20 Å². The molecule has 5 heteroatoms. The zero-order valence-corrected chi connectivity index (χ0v) is 14.5. The van der Waals surface area contributed by atoms with E-state index in [0.29, 0.717) is 17.4 Å². The summed E-state index contributed by atoms with van der Waals surface area (Å²) in [5, 5.41) is 15.0. The summed E-state index contributed by atoms with van der Waals surface area (Å²) in [5.41, 5.74) is 2.58. The van der Waals surface area contributed by atoms with Crippen molar-refractivity contribution in [1.29, 1.82) is 5.26 Å². The number of nitrogens with zero attached hydrogens (tertiary/aromatic N) is 1. The minimum absolute atomic E-state index is 0.00521. The number of carbonyl (C=O) groups is 1. The van der Waals surface area contributed by atoms with E-state index in [1.807, 2.05) is 30.3 Å². The second-order valence-electron chi connectivity index (χ2n) is 5.74. The third-order valence-electron chi connectivity index (χ3n) is 3.67. The first-order valence-electron chi connectivity index (χ1n) is 7.96. The Morgan fingerprint density at radius 2 is 1.84 bits per heavy atom.